The van der Waals surface area contributed by atoms with Crippen LogP contribution < -0.4 is 9.80 Å². The molecule has 2 atom stereocenters. The lowest BCUT2D eigenvalue weighted by molar-refractivity contribution is -0.384. The van der Waals surface area contributed by atoms with Crippen LogP contribution in [-0.4, -0.2) is 22.8 Å². The molecule has 37 heavy (non-hydrogen) atoms. The molecule has 0 saturated carbocycles. The van der Waals surface area contributed by atoms with Crippen LogP contribution in [0.15, 0.2) is 78.9 Å². The van der Waals surface area contributed by atoms with Gasteiger partial charge in [0.05, 0.1) is 11.0 Å². The molecule has 0 N–H and O–H groups in total. The number of fused-ring (bicyclic) bond motifs is 1. The predicted octanol–water partition coefficient (Wildman–Crippen LogP) is 7.08. The van der Waals surface area contributed by atoms with Crippen molar-refractivity contribution in [3.63, 3.8) is 0 Å². The van der Waals surface area contributed by atoms with Gasteiger partial charge < -0.3 is 9.80 Å². The molecule has 0 aromatic heterocycles. The Morgan fingerprint density at radius 2 is 1.62 bits per heavy atom. The Labute approximate surface area is 217 Å². The third kappa shape index (κ3) is 5.71. The number of hydrogen-bond donors (Lipinski definition) is 0. The van der Waals surface area contributed by atoms with Gasteiger partial charge in [-0.3, -0.25) is 19.7 Å². The zero-order chi connectivity index (χ0) is 26.4. The molecule has 2 amide bonds. The van der Waals surface area contributed by atoms with Crippen molar-refractivity contribution in [1.29, 1.82) is 0 Å². The molecule has 3 aromatic rings. The second kappa shape index (κ2) is 11.8. The first-order valence-corrected chi connectivity index (χ1v) is 13.0. The Kier molecular flexibility index (Phi) is 8.33. The maximum Gasteiger partial charge on any atom is 0.269 e. The summed E-state index contributed by atoms with van der Waals surface area (Å²) >= 11 is 0. The highest BCUT2D eigenvalue weighted by atomic mass is 16.6. The van der Waals surface area contributed by atoms with E-state index < -0.39 is 4.92 Å². The van der Waals surface area contributed by atoms with Crippen molar-refractivity contribution in [2.24, 2.45) is 0 Å². The maximum absolute atomic E-state index is 13.9. The molecule has 0 saturated heterocycles. The quantitative estimate of drug-likeness (QED) is 0.179. The molecule has 192 valence electrons. The monoisotopic (exact) mass is 499 g/mol. The number of rotatable bonds is 9. The van der Waals surface area contributed by atoms with Gasteiger partial charge in [-0.2, -0.15) is 0 Å². The van der Waals surface area contributed by atoms with Crippen LogP contribution >= 0.6 is 0 Å². The molecule has 0 unspecified atom stereocenters. The lowest BCUT2D eigenvalue weighted by Crippen LogP contribution is -2.47. The van der Waals surface area contributed by atoms with Crippen molar-refractivity contribution in [2.45, 2.75) is 64.5 Å². The number of carbonyl (C=O) groups is 2. The van der Waals surface area contributed by atoms with Gasteiger partial charge in [0, 0.05) is 41.5 Å². The van der Waals surface area contributed by atoms with E-state index in [2.05, 4.69) is 6.92 Å². The minimum atomic E-state index is -0.449. The topological polar surface area (TPSA) is 83.8 Å². The predicted molar refractivity (Wildman–Crippen MR) is 146 cm³/mol. The number of hydrogen-bond acceptors (Lipinski definition) is 4. The summed E-state index contributed by atoms with van der Waals surface area (Å²) < 4.78 is 0. The standard InChI is InChI=1S/C30H33N3O4/c1-3-4-5-9-16-29(34)31-22(2)21-28(26-14-10-11-15-27(26)31)32(30(35)23-12-7-6-8-13-23)24-17-19-25(20-18-24)33(36)37/h6-8,10-15,17-20,22,28H,3-5,9,16,21H2,1-2H3/t22-,28-/m0/s1. The maximum atomic E-state index is 13.9. The van der Waals surface area contributed by atoms with Gasteiger partial charge in [-0.05, 0) is 55.7 Å². The number of non-ortho nitro benzene ring substituents is 1. The molecule has 1 aliphatic rings. The van der Waals surface area contributed by atoms with Crippen LogP contribution in [0, 0.1) is 10.1 Å². The van der Waals surface area contributed by atoms with Crippen LogP contribution in [0.3, 0.4) is 0 Å². The van der Waals surface area contributed by atoms with E-state index in [0.29, 0.717) is 24.1 Å². The number of benzene rings is 3. The van der Waals surface area contributed by atoms with Gasteiger partial charge in [0.1, 0.15) is 0 Å². The first-order valence-electron chi connectivity index (χ1n) is 13.0. The zero-order valence-electron chi connectivity index (χ0n) is 21.4. The normalized spacial score (nSPS) is 16.6. The number of amides is 2. The highest BCUT2D eigenvalue weighted by molar-refractivity contribution is 6.07. The third-order valence-corrected chi connectivity index (χ3v) is 6.96. The highest BCUT2D eigenvalue weighted by Crippen LogP contribution is 2.43. The molecule has 1 heterocycles. The van der Waals surface area contributed by atoms with Crippen LogP contribution in [-0.2, 0) is 4.79 Å². The highest BCUT2D eigenvalue weighted by Gasteiger charge is 2.38. The summed E-state index contributed by atoms with van der Waals surface area (Å²) in [6.45, 7) is 4.17. The van der Waals surface area contributed by atoms with Crippen LogP contribution in [0.5, 0.6) is 0 Å². The first kappa shape index (κ1) is 26.1. The van der Waals surface area contributed by atoms with E-state index in [1.54, 1.807) is 29.2 Å². The molecule has 0 aliphatic carbocycles. The van der Waals surface area contributed by atoms with E-state index >= 15 is 0 Å². The van der Waals surface area contributed by atoms with Gasteiger partial charge in [0.2, 0.25) is 5.91 Å². The number of nitro benzene ring substituents is 1. The molecule has 4 rings (SSSR count). The Bertz CT molecular complexity index is 1240. The summed E-state index contributed by atoms with van der Waals surface area (Å²) in [6.07, 6.45) is 5.18. The summed E-state index contributed by atoms with van der Waals surface area (Å²) in [5, 5.41) is 11.2. The first-order chi connectivity index (χ1) is 17.9. The van der Waals surface area contributed by atoms with E-state index in [0.717, 1.165) is 36.9 Å². The molecule has 0 spiro atoms. The van der Waals surface area contributed by atoms with Gasteiger partial charge >= 0.3 is 0 Å². The van der Waals surface area contributed by atoms with E-state index in [-0.39, 0.29) is 29.6 Å². The van der Waals surface area contributed by atoms with Crippen molar-refractivity contribution in [3.8, 4) is 0 Å². The number of nitro groups is 1. The molecule has 0 radical (unpaired) electrons. The van der Waals surface area contributed by atoms with Crippen molar-refractivity contribution in [2.75, 3.05) is 9.80 Å². The Hall–Kier alpha value is -4.00. The summed E-state index contributed by atoms with van der Waals surface area (Å²) in [7, 11) is 0. The number of para-hydroxylation sites is 1. The second-order valence-corrected chi connectivity index (χ2v) is 9.55. The summed E-state index contributed by atoms with van der Waals surface area (Å²) in [4.78, 5) is 41.6. The fraction of sp³-hybridized carbons (Fsp3) is 0.333. The van der Waals surface area contributed by atoms with E-state index in [9.17, 15) is 19.7 Å². The lowest BCUT2D eigenvalue weighted by Gasteiger charge is -2.43. The minimum absolute atomic E-state index is 0.0342. The van der Waals surface area contributed by atoms with Crippen molar-refractivity contribution in [3.05, 3.63) is 100 Å². The average Bonchev–Trinajstić information content (AvgIpc) is 2.92. The number of unbranched alkanes of at least 4 members (excludes halogenated alkanes) is 3. The number of nitrogens with zero attached hydrogens (tertiary/aromatic N) is 3. The molecule has 1 aliphatic heterocycles. The SMILES string of the molecule is CCCCCCC(=O)N1c2ccccc2[C@@H](N(C(=O)c2ccccc2)c2ccc([N+](=O)[O-])cc2)C[C@@H]1C. The van der Waals surface area contributed by atoms with Crippen LogP contribution in [0.2, 0.25) is 0 Å². The van der Waals surface area contributed by atoms with Gasteiger partial charge in [-0.15, -0.1) is 0 Å². The molecule has 3 aromatic carbocycles. The molecule has 0 bridgehead atoms. The van der Waals surface area contributed by atoms with Gasteiger partial charge in [-0.1, -0.05) is 62.6 Å². The Morgan fingerprint density at radius 1 is 0.946 bits per heavy atom. The van der Waals surface area contributed by atoms with E-state index in [1.165, 1.54) is 12.1 Å². The lowest BCUT2D eigenvalue weighted by atomic mass is 9.89. The van der Waals surface area contributed by atoms with Gasteiger partial charge in [-0.25, -0.2) is 0 Å². The minimum Gasteiger partial charge on any atom is -0.309 e. The number of anilines is 2. The molecule has 7 nitrogen and oxygen atoms in total. The second-order valence-electron chi connectivity index (χ2n) is 9.55. The Balaban J connectivity index is 1.74. The average molecular weight is 500 g/mol. The smallest absolute Gasteiger partial charge is 0.269 e. The fourth-order valence-electron chi connectivity index (χ4n) is 5.12. The van der Waals surface area contributed by atoms with Crippen LogP contribution in [0.4, 0.5) is 17.1 Å². The third-order valence-electron chi connectivity index (χ3n) is 6.96. The molecule has 0 fully saturated rings. The summed E-state index contributed by atoms with van der Waals surface area (Å²) in [6, 6.07) is 22.4. The van der Waals surface area contributed by atoms with E-state index in [1.807, 2.05) is 54.3 Å². The van der Waals surface area contributed by atoms with Gasteiger partial charge in [0.15, 0.2) is 0 Å². The zero-order valence-corrected chi connectivity index (χ0v) is 21.4. The summed E-state index contributed by atoms with van der Waals surface area (Å²) in [5.74, 6) is -0.0911. The van der Waals surface area contributed by atoms with Crippen molar-refractivity contribution < 1.29 is 14.5 Å². The molecular weight excluding hydrogens is 466 g/mol. The molecular formula is C30H33N3O4. The largest absolute Gasteiger partial charge is 0.309 e. The van der Waals surface area contributed by atoms with Gasteiger partial charge in [0.25, 0.3) is 11.6 Å². The van der Waals surface area contributed by atoms with Crippen molar-refractivity contribution in [1.82, 2.24) is 0 Å². The van der Waals surface area contributed by atoms with Crippen molar-refractivity contribution >= 4 is 28.9 Å². The molecule has 7 heteroatoms. The number of carbonyl (C=O) groups excluding carboxylic acids is 2. The summed E-state index contributed by atoms with van der Waals surface area (Å²) in [5.41, 5.74) is 2.78. The Morgan fingerprint density at radius 3 is 2.30 bits per heavy atom. The fourth-order valence-corrected chi connectivity index (χ4v) is 5.12. The van der Waals surface area contributed by atoms with Crippen LogP contribution in [0.25, 0.3) is 0 Å². The van der Waals surface area contributed by atoms with E-state index in [4.69, 9.17) is 0 Å². The van der Waals surface area contributed by atoms with Crippen LogP contribution in [0.1, 0.15) is 74.3 Å².